The molecule has 23 heavy (non-hydrogen) atoms. The number of methoxy groups -OCH3 is 1. The molecule has 1 aliphatic rings. The largest absolute Gasteiger partial charge is 0.464 e. The molecule has 0 aliphatic carbocycles. The fourth-order valence-corrected chi connectivity index (χ4v) is 3.59. The van der Waals surface area contributed by atoms with Gasteiger partial charge in [-0.3, -0.25) is 9.30 Å². The molecule has 1 saturated heterocycles. The number of ether oxygens (including phenoxy) is 1. The van der Waals surface area contributed by atoms with Gasteiger partial charge in [-0.15, -0.1) is 0 Å². The summed E-state index contributed by atoms with van der Waals surface area (Å²) in [6, 6.07) is 6.64. The van der Waals surface area contributed by atoms with Crippen molar-refractivity contribution in [3.63, 3.8) is 0 Å². The zero-order valence-corrected chi connectivity index (χ0v) is 14.2. The third-order valence-corrected chi connectivity index (χ3v) is 4.72. The number of nitrogens with zero attached hydrogens (tertiary/aromatic N) is 3. The number of pyridine rings is 1. The zero-order chi connectivity index (χ0) is 16.4. The smallest absolute Gasteiger partial charge is 0.355 e. The lowest BCUT2D eigenvalue weighted by molar-refractivity contribution is 0.0592. The predicted molar refractivity (Wildman–Crippen MR) is 89.7 cm³/mol. The van der Waals surface area contributed by atoms with Gasteiger partial charge in [0.05, 0.1) is 12.8 Å². The second-order valence-electron chi connectivity index (χ2n) is 6.55. The monoisotopic (exact) mass is 315 g/mol. The van der Waals surface area contributed by atoms with Crippen molar-refractivity contribution >= 4 is 11.6 Å². The first-order chi connectivity index (χ1) is 11.1. The van der Waals surface area contributed by atoms with Gasteiger partial charge in [0.2, 0.25) is 0 Å². The predicted octanol–water partition coefficient (Wildman–Crippen LogP) is 2.93. The van der Waals surface area contributed by atoms with E-state index in [1.165, 1.54) is 32.9 Å². The second-order valence-corrected chi connectivity index (χ2v) is 6.55. The van der Waals surface area contributed by atoms with Gasteiger partial charge in [0.1, 0.15) is 11.3 Å². The van der Waals surface area contributed by atoms with Crippen LogP contribution in [-0.4, -0.2) is 46.0 Å². The van der Waals surface area contributed by atoms with Crippen LogP contribution in [0.2, 0.25) is 0 Å². The standard InChI is InChI=1S/C18H25N3O2/c1-13(2)20-10-5-4-7-15(20)11-14-12-21-16(18(22)23-3)8-6-9-17(21)19-14/h6,8-9,12-13,15H,4-5,7,10-11H2,1-3H3. The fraction of sp³-hybridized carbons (Fsp3) is 0.556. The van der Waals surface area contributed by atoms with Crippen LogP contribution in [0.3, 0.4) is 0 Å². The van der Waals surface area contributed by atoms with Gasteiger partial charge in [0.25, 0.3) is 0 Å². The summed E-state index contributed by atoms with van der Waals surface area (Å²) in [4.78, 5) is 19.2. The van der Waals surface area contributed by atoms with Crippen molar-refractivity contribution in [3.05, 3.63) is 35.8 Å². The Morgan fingerprint density at radius 1 is 1.39 bits per heavy atom. The number of hydrogen-bond acceptors (Lipinski definition) is 4. The Morgan fingerprint density at radius 2 is 2.22 bits per heavy atom. The molecule has 0 bridgehead atoms. The van der Waals surface area contributed by atoms with Crippen molar-refractivity contribution in [2.24, 2.45) is 0 Å². The molecule has 124 valence electrons. The molecule has 5 heteroatoms. The normalized spacial score (nSPS) is 19.4. The number of aromatic nitrogens is 2. The van der Waals surface area contributed by atoms with Crippen molar-refractivity contribution in [2.75, 3.05) is 13.7 Å². The van der Waals surface area contributed by atoms with E-state index in [-0.39, 0.29) is 5.97 Å². The summed E-state index contributed by atoms with van der Waals surface area (Å²) in [6.07, 6.45) is 6.70. The Labute approximate surface area is 137 Å². The number of fused-ring (bicyclic) bond motifs is 1. The highest BCUT2D eigenvalue weighted by atomic mass is 16.5. The third-order valence-electron chi connectivity index (χ3n) is 4.72. The molecule has 1 fully saturated rings. The number of rotatable bonds is 4. The Morgan fingerprint density at radius 3 is 2.96 bits per heavy atom. The Bertz CT molecular complexity index is 693. The summed E-state index contributed by atoms with van der Waals surface area (Å²) < 4.78 is 6.69. The van der Waals surface area contributed by atoms with Crippen LogP contribution in [0.1, 0.15) is 49.3 Å². The molecule has 0 radical (unpaired) electrons. The van der Waals surface area contributed by atoms with Crippen LogP contribution in [-0.2, 0) is 11.2 Å². The summed E-state index contributed by atoms with van der Waals surface area (Å²) in [5.41, 5.74) is 2.36. The van der Waals surface area contributed by atoms with Gasteiger partial charge in [-0.25, -0.2) is 9.78 Å². The number of esters is 1. The lowest BCUT2D eigenvalue weighted by atomic mass is 9.97. The molecule has 0 saturated carbocycles. The maximum atomic E-state index is 11.9. The maximum Gasteiger partial charge on any atom is 0.355 e. The van der Waals surface area contributed by atoms with E-state index >= 15 is 0 Å². The molecule has 2 aromatic heterocycles. The van der Waals surface area contributed by atoms with Crippen LogP contribution >= 0.6 is 0 Å². The Hall–Kier alpha value is -1.88. The minimum atomic E-state index is -0.332. The Balaban J connectivity index is 1.87. The number of carbonyl (C=O) groups excluding carboxylic acids is 1. The van der Waals surface area contributed by atoms with Gasteiger partial charge in [-0.05, 0) is 45.4 Å². The molecule has 1 unspecified atom stereocenters. The molecular formula is C18H25N3O2. The van der Waals surface area contributed by atoms with E-state index in [2.05, 4.69) is 18.7 Å². The Kier molecular flexibility index (Phi) is 4.66. The number of likely N-dealkylation sites (tertiary alicyclic amines) is 1. The van der Waals surface area contributed by atoms with Gasteiger partial charge in [0, 0.05) is 24.7 Å². The van der Waals surface area contributed by atoms with Crippen LogP contribution in [0.15, 0.2) is 24.4 Å². The van der Waals surface area contributed by atoms with E-state index in [9.17, 15) is 4.79 Å². The lowest BCUT2D eigenvalue weighted by Gasteiger charge is -2.38. The van der Waals surface area contributed by atoms with Crippen molar-refractivity contribution in [1.82, 2.24) is 14.3 Å². The van der Waals surface area contributed by atoms with E-state index in [1.807, 2.05) is 22.7 Å². The van der Waals surface area contributed by atoms with Crippen LogP contribution in [0.5, 0.6) is 0 Å². The third kappa shape index (κ3) is 3.24. The van der Waals surface area contributed by atoms with Gasteiger partial charge < -0.3 is 4.74 Å². The molecular weight excluding hydrogens is 290 g/mol. The topological polar surface area (TPSA) is 46.8 Å². The van der Waals surface area contributed by atoms with Crippen molar-refractivity contribution < 1.29 is 9.53 Å². The zero-order valence-electron chi connectivity index (χ0n) is 14.2. The van der Waals surface area contributed by atoms with Gasteiger partial charge in [-0.1, -0.05) is 12.5 Å². The molecule has 0 amide bonds. The van der Waals surface area contributed by atoms with Crippen LogP contribution < -0.4 is 0 Å². The molecule has 0 spiro atoms. The molecule has 3 rings (SSSR count). The van der Waals surface area contributed by atoms with E-state index in [0.29, 0.717) is 17.8 Å². The number of carbonyl (C=O) groups is 1. The minimum absolute atomic E-state index is 0.332. The maximum absolute atomic E-state index is 11.9. The van der Waals surface area contributed by atoms with Gasteiger partial charge >= 0.3 is 5.97 Å². The highest BCUT2D eigenvalue weighted by Gasteiger charge is 2.25. The highest BCUT2D eigenvalue weighted by molar-refractivity contribution is 5.88. The van der Waals surface area contributed by atoms with Crippen LogP contribution in [0, 0.1) is 0 Å². The first kappa shape index (κ1) is 16.0. The highest BCUT2D eigenvalue weighted by Crippen LogP contribution is 2.23. The second kappa shape index (κ2) is 6.71. The van der Waals surface area contributed by atoms with E-state index in [0.717, 1.165) is 17.8 Å². The molecule has 1 atom stereocenters. The molecule has 0 aromatic carbocycles. The first-order valence-electron chi connectivity index (χ1n) is 8.41. The van der Waals surface area contributed by atoms with Crippen molar-refractivity contribution in [1.29, 1.82) is 0 Å². The van der Waals surface area contributed by atoms with Crippen LogP contribution in [0.4, 0.5) is 0 Å². The number of piperidine rings is 1. The van der Waals surface area contributed by atoms with E-state index in [4.69, 9.17) is 9.72 Å². The molecule has 1 aliphatic heterocycles. The minimum Gasteiger partial charge on any atom is -0.464 e. The van der Waals surface area contributed by atoms with Crippen molar-refractivity contribution in [3.8, 4) is 0 Å². The first-order valence-corrected chi connectivity index (χ1v) is 8.41. The van der Waals surface area contributed by atoms with E-state index < -0.39 is 0 Å². The number of hydrogen-bond donors (Lipinski definition) is 0. The average molecular weight is 315 g/mol. The SMILES string of the molecule is COC(=O)c1cccc2nc(CC3CCCCN3C(C)C)cn12. The summed E-state index contributed by atoms with van der Waals surface area (Å²) >= 11 is 0. The van der Waals surface area contributed by atoms with Gasteiger partial charge in [-0.2, -0.15) is 0 Å². The van der Waals surface area contributed by atoms with Gasteiger partial charge in [0.15, 0.2) is 0 Å². The van der Waals surface area contributed by atoms with E-state index in [1.54, 1.807) is 6.07 Å². The van der Waals surface area contributed by atoms with Crippen molar-refractivity contribution in [2.45, 2.75) is 51.6 Å². The summed E-state index contributed by atoms with van der Waals surface area (Å²) in [7, 11) is 1.40. The lowest BCUT2D eigenvalue weighted by Crippen LogP contribution is -2.45. The quantitative estimate of drug-likeness (QED) is 0.814. The van der Waals surface area contributed by atoms with Crippen LogP contribution in [0.25, 0.3) is 5.65 Å². The summed E-state index contributed by atoms with van der Waals surface area (Å²) in [5.74, 6) is -0.332. The molecule has 0 N–H and O–H groups in total. The summed E-state index contributed by atoms with van der Waals surface area (Å²) in [5, 5.41) is 0. The summed E-state index contributed by atoms with van der Waals surface area (Å²) in [6.45, 7) is 5.69. The molecule has 3 heterocycles. The molecule has 5 nitrogen and oxygen atoms in total. The molecule has 2 aromatic rings. The number of imidazole rings is 1. The fourth-order valence-electron chi connectivity index (χ4n) is 3.59. The average Bonchev–Trinajstić information content (AvgIpc) is 2.96.